The van der Waals surface area contributed by atoms with Crippen molar-refractivity contribution in [2.24, 2.45) is 0 Å². The Kier molecular flexibility index (Phi) is 5.31. The third-order valence-electron chi connectivity index (χ3n) is 4.15. The van der Waals surface area contributed by atoms with Crippen molar-refractivity contribution in [3.63, 3.8) is 0 Å². The Morgan fingerprint density at radius 3 is 2.64 bits per heavy atom. The molecule has 0 aliphatic heterocycles. The predicted molar refractivity (Wildman–Crippen MR) is 116 cm³/mol. The maximum absolute atomic E-state index is 5.53. The summed E-state index contributed by atoms with van der Waals surface area (Å²) < 4.78 is 12.0. The van der Waals surface area contributed by atoms with Gasteiger partial charge in [0, 0.05) is 39.6 Å². The zero-order valence-corrected chi connectivity index (χ0v) is 17.6. The molecule has 0 aliphatic carbocycles. The van der Waals surface area contributed by atoms with E-state index in [2.05, 4.69) is 31.2 Å². The number of halogens is 1. The molecular formula is C20H17BrN4O2S. The number of aromatic nitrogens is 3. The molecule has 0 aliphatic rings. The van der Waals surface area contributed by atoms with Gasteiger partial charge in [-0.25, -0.2) is 9.97 Å². The number of nitrogens with one attached hydrogen (secondary N) is 2. The second-order valence-electron chi connectivity index (χ2n) is 5.86. The van der Waals surface area contributed by atoms with Crippen LogP contribution in [0.3, 0.4) is 0 Å². The van der Waals surface area contributed by atoms with Gasteiger partial charge in [0.05, 0.1) is 25.5 Å². The monoisotopic (exact) mass is 456 g/mol. The summed E-state index contributed by atoms with van der Waals surface area (Å²) in [4.78, 5) is 12.1. The first kappa shape index (κ1) is 18.5. The number of ether oxygens (including phenoxy) is 2. The lowest BCUT2D eigenvalue weighted by atomic mass is 10.1. The largest absolute Gasteiger partial charge is 0.496 e. The highest BCUT2D eigenvalue weighted by atomic mass is 79.9. The van der Waals surface area contributed by atoms with Crippen molar-refractivity contribution < 1.29 is 9.47 Å². The van der Waals surface area contributed by atoms with Gasteiger partial charge in [0.1, 0.15) is 17.3 Å². The first-order valence-corrected chi connectivity index (χ1v) is 10.1. The molecule has 2 heterocycles. The van der Waals surface area contributed by atoms with Crippen LogP contribution in [0.2, 0.25) is 0 Å². The number of methoxy groups -OCH3 is 2. The topological polar surface area (TPSA) is 72.1 Å². The summed E-state index contributed by atoms with van der Waals surface area (Å²) in [5.74, 6) is 2.27. The number of anilines is 2. The summed E-state index contributed by atoms with van der Waals surface area (Å²) >= 11 is 5.03. The minimum absolute atomic E-state index is 0.727. The first-order valence-electron chi connectivity index (χ1n) is 8.42. The highest BCUT2D eigenvalue weighted by molar-refractivity contribution is 9.10. The van der Waals surface area contributed by atoms with E-state index in [-0.39, 0.29) is 0 Å². The molecule has 2 aromatic carbocycles. The van der Waals surface area contributed by atoms with Crippen LogP contribution < -0.4 is 14.8 Å². The predicted octanol–water partition coefficient (Wildman–Crippen LogP) is 5.72. The third-order valence-corrected chi connectivity index (χ3v) is 5.40. The average molecular weight is 457 g/mol. The van der Waals surface area contributed by atoms with Gasteiger partial charge in [-0.05, 0) is 30.3 Å². The number of hydrogen-bond acceptors (Lipinski definition) is 6. The van der Waals surface area contributed by atoms with Gasteiger partial charge in [-0.3, -0.25) is 0 Å². The number of benzene rings is 2. The van der Waals surface area contributed by atoms with Crippen LogP contribution in [0.1, 0.15) is 0 Å². The summed E-state index contributed by atoms with van der Waals surface area (Å²) in [7, 11) is 3.30. The zero-order valence-electron chi connectivity index (χ0n) is 15.2. The lowest BCUT2D eigenvalue weighted by Crippen LogP contribution is -1.94. The van der Waals surface area contributed by atoms with Crippen molar-refractivity contribution in [1.82, 2.24) is 15.0 Å². The highest BCUT2D eigenvalue weighted by Gasteiger charge is 2.13. The molecule has 0 atom stereocenters. The number of hydrogen-bond donors (Lipinski definition) is 2. The molecule has 8 heteroatoms. The number of nitrogens with zero attached hydrogens (tertiary/aromatic N) is 2. The standard InChI is InChI=1S/C20H17BrN4O2S/c1-26-17-6-3-12(21)9-15(17)16-11-28-20(25-16)24-13-4-5-14(18(10-13)27-2)19-22-7-8-23-19/h3-11H,1-2H3,(H,22,23)(H,24,25). The Labute approximate surface area is 174 Å². The van der Waals surface area contributed by atoms with Gasteiger partial charge < -0.3 is 19.8 Å². The molecular weight excluding hydrogens is 440 g/mol. The Morgan fingerprint density at radius 1 is 1.04 bits per heavy atom. The third kappa shape index (κ3) is 3.74. The van der Waals surface area contributed by atoms with E-state index in [1.807, 2.05) is 41.8 Å². The fourth-order valence-electron chi connectivity index (χ4n) is 2.84. The summed E-state index contributed by atoms with van der Waals surface area (Å²) in [6.45, 7) is 0. The molecule has 2 aromatic heterocycles. The van der Waals surface area contributed by atoms with Crippen LogP contribution in [0.5, 0.6) is 11.5 Å². The Balaban J connectivity index is 1.60. The van der Waals surface area contributed by atoms with Gasteiger partial charge in [-0.1, -0.05) is 15.9 Å². The van der Waals surface area contributed by atoms with Crippen LogP contribution in [-0.4, -0.2) is 29.2 Å². The minimum atomic E-state index is 0.727. The van der Waals surface area contributed by atoms with E-state index in [4.69, 9.17) is 14.5 Å². The van der Waals surface area contributed by atoms with Crippen LogP contribution in [0.25, 0.3) is 22.6 Å². The van der Waals surface area contributed by atoms with Crippen molar-refractivity contribution >= 4 is 38.1 Å². The molecule has 4 aromatic rings. The fourth-order valence-corrected chi connectivity index (χ4v) is 3.93. The lowest BCUT2D eigenvalue weighted by Gasteiger charge is -2.10. The quantitative estimate of drug-likeness (QED) is 0.387. The van der Waals surface area contributed by atoms with Crippen LogP contribution in [0.15, 0.2) is 58.6 Å². The first-order chi connectivity index (χ1) is 13.7. The molecule has 28 heavy (non-hydrogen) atoms. The normalized spacial score (nSPS) is 10.7. The molecule has 2 N–H and O–H groups in total. The maximum atomic E-state index is 5.53. The molecule has 0 saturated heterocycles. The van der Waals surface area contributed by atoms with Gasteiger partial charge in [0.25, 0.3) is 0 Å². The molecule has 6 nitrogen and oxygen atoms in total. The van der Waals surface area contributed by atoms with Crippen LogP contribution in [-0.2, 0) is 0 Å². The second kappa shape index (κ2) is 8.04. The maximum Gasteiger partial charge on any atom is 0.187 e. The number of thiazole rings is 1. The van der Waals surface area contributed by atoms with Crippen LogP contribution >= 0.6 is 27.3 Å². The van der Waals surface area contributed by atoms with E-state index in [9.17, 15) is 0 Å². The molecule has 142 valence electrons. The van der Waals surface area contributed by atoms with Crippen molar-refractivity contribution in [2.75, 3.05) is 19.5 Å². The molecule has 0 fully saturated rings. The van der Waals surface area contributed by atoms with Gasteiger partial charge >= 0.3 is 0 Å². The van der Waals surface area contributed by atoms with E-state index in [1.165, 1.54) is 11.3 Å². The Bertz CT molecular complexity index is 1100. The molecule has 0 bridgehead atoms. The van der Waals surface area contributed by atoms with Crippen LogP contribution in [0, 0.1) is 0 Å². The molecule has 0 spiro atoms. The molecule has 0 amide bonds. The summed E-state index contributed by atoms with van der Waals surface area (Å²) in [5.41, 5.74) is 3.57. The van der Waals surface area contributed by atoms with E-state index < -0.39 is 0 Å². The molecule has 4 rings (SSSR count). The summed E-state index contributed by atoms with van der Waals surface area (Å²) in [5, 5.41) is 6.12. The lowest BCUT2D eigenvalue weighted by molar-refractivity contribution is 0.416. The van der Waals surface area contributed by atoms with Gasteiger partial charge in [-0.15, -0.1) is 11.3 Å². The van der Waals surface area contributed by atoms with Crippen LogP contribution in [0.4, 0.5) is 10.8 Å². The highest BCUT2D eigenvalue weighted by Crippen LogP contribution is 2.36. The molecule has 0 unspecified atom stereocenters. The molecule has 0 saturated carbocycles. The van der Waals surface area contributed by atoms with Crippen molar-refractivity contribution in [1.29, 1.82) is 0 Å². The number of rotatable bonds is 6. The smallest absolute Gasteiger partial charge is 0.187 e. The summed E-state index contributed by atoms with van der Waals surface area (Å²) in [6.07, 6.45) is 3.50. The van der Waals surface area contributed by atoms with E-state index in [1.54, 1.807) is 26.6 Å². The van der Waals surface area contributed by atoms with Gasteiger partial charge in [-0.2, -0.15) is 0 Å². The van der Waals surface area contributed by atoms with E-state index >= 15 is 0 Å². The average Bonchev–Trinajstić information content (AvgIpc) is 3.40. The summed E-state index contributed by atoms with van der Waals surface area (Å²) in [6, 6.07) is 11.7. The number of aromatic amines is 1. The van der Waals surface area contributed by atoms with Crippen molar-refractivity contribution in [3.8, 4) is 34.1 Å². The van der Waals surface area contributed by atoms with E-state index in [0.29, 0.717) is 0 Å². The Morgan fingerprint density at radius 2 is 1.89 bits per heavy atom. The van der Waals surface area contributed by atoms with E-state index in [0.717, 1.165) is 49.4 Å². The Hall–Kier alpha value is -2.84. The second-order valence-corrected chi connectivity index (χ2v) is 7.63. The fraction of sp³-hybridized carbons (Fsp3) is 0.100. The van der Waals surface area contributed by atoms with Gasteiger partial charge in [0.15, 0.2) is 5.13 Å². The SMILES string of the molecule is COc1ccc(Br)cc1-c1csc(Nc2ccc(-c3ncc[nH]3)c(OC)c2)n1. The van der Waals surface area contributed by atoms with Gasteiger partial charge in [0.2, 0.25) is 0 Å². The number of imidazole rings is 1. The van der Waals surface area contributed by atoms with Crippen molar-refractivity contribution in [3.05, 3.63) is 58.6 Å². The van der Waals surface area contributed by atoms with Crippen molar-refractivity contribution in [2.45, 2.75) is 0 Å². The minimum Gasteiger partial charge on any atom is -0.496 e. The molecule has 0 radical (unpaired) electrons. The zero-order chi connectivity index (χ0) is 19.5. The number of H-pyrrole nitrogens is 1.